The lowest BCUT2D eigenvalue weighted by molar-refractivity contribution is 0.566. The Labute approximate surface area is 165 Å². The fourth-order valence-electron chi connectivity index (χ4n) is 3.16. The summed E-state index contributed by atoms with van der Waals surface area (Å²) in [5, 5.41) is 0. The summed E-state index contributed by atoms with van der Waals surface area (Å²) in [6.07, 6.45) is 0. The van der Waals surface area contributed by atoms with Crippen LogP contribution >= 0.6 is 0 Å². The van der Waals surface area contributed by atoms with Gasteiger partial charge in [-0.1, -0.05) is 48.5 Å². The third-order valence-electron chi connectivity index (χ3n) is 4.52. The first-order valence-electron chi connectivity index (χ1n) is 8.71. The summed E-state index contributed by atoms with van der Waals surface area (Å²) in [5.41, 5.74) is 1.29. The van der Waals surface area contributed by atoms with Crippen LogP contribution in [0.3, 0.4) is 0 Å². The van der Waals surface area contributed by atoms with Crippen molar-refractivity contribution < 1.29 is 16.8 Å². The van der Waals surface area contributed by atoms with Crippen LogP contribution in [-0.2, 0) is 20.0 Å². The lowest BCUT2D eigenvalue weighted by Gasteiger charge is -2.15. The quantitative estimate of drug-likeness (QED) is 0.665. The molecule has 0 aliphatic heterocycles. The second kappa shape index (κ2) is 7.54. The summed E-state index contributed by atoms with van der Waals surface area (Å²) in [4.78, 5) is 0.0543. The van der Waals surface area contributed by atoms with E-state index in [0.29, 0.717) is 5.69 Å². The Morgan fingerprint density at radius 1 is 0.857 bits per heavy atom. The van der Waals surface area contributed by atoms with Crippen molar-refractivity contribution in [1.29, 1.82) is 0 Å². The molecule has 2 aromatic carbocycles. The third kappa shape index (κ3) is 3.76. The van der Waals surface area contributed by atoms with E-state index in [-0.39, 0.29) is 15.5 Å². The molecule has 3 rings (SSSR count). The topological polar surface area (TPSA) is 85.2 Å². The third-order valence-corrected chi connectivity index (χ3v) is 8.09. The summed E-state index contributed by atoms with van der Waals surface area (Å²) in [6.45, 7) is 4.81. The number of sulfonamides is 1. The smallest absolute Gasteiger partial charge is 0.242 e. The van der Waals surface area contributed by atoms with E-state index in [0.717, 1.165) is 9.54 Å². The summed E-state index contributed by atoms with van der Waals surface area (Å²) < 4.78 is 55.6. The number of hydrogen-bond donors (Lipinski definition) is 1. The number of hydrogen-bond acceptors (Lipinski definition) is 4. The second-order valence-corrected chi connectivity index (χ2v) is 10.0. The van der Waals surface area contributed by atoms with Crippen molar-refractivity contribution in [3.8, 4) is 0 Å². The van der Waals surface area contributed by atoms with Crippen molar-refractivity contribution in [2.45, 2.75) is 36.6 Å². The van der Waals surface area contributed by atoms with Gasteiger partial charge in [0.1, 0.15) is 4.90 Å². The number of nitrogens with zero attached hydrogens (tertiary/aromatic N) is 1. The predicted octanol–water partition coefficient (Wildman–Crippen LogP) is 3.38. The molecule has 28 heavy (non-hydrogen) atoms. The second-order valence-electron chi connectivity index (χ2n) is 6.57. The molecule has 0 radical (unpaired) electrons. The molecule has 0 amide bonds. The molecule has 1 heterocycles. The molecule has 8 heteroatoms. The molecule has 1 aromatic heterocycles. The minimum absolute atomic E-state index is 0.0488. The molecular weight excluding hydrogens is 396 g/mol. The van der Waals surface area contributed by atoms with Gasteiger partial charge in [0.2, 0.25) is 10.0 Å². The highest BCUT2D eigenvalue weighted by Crippen LogP contribution is 2.26. The van der Waals surface area contributed by atoms with Gasteiger partial charge in [0.15, 0.2) is 0 Å². The van der Waals surface area contributed by atoms with E-state index in [1.165, 1.54) is 25.1 Å². The van der Waals surface area contributed by atoms with Crippen LogP contribution in [0.25, 0.3) is 0 Å². The lowest BCUT2D eigenvalue weighted by atomic mass is 10.1. The first kappa shape index (κ1) is 20.3. The van der Waals surface area contributed by atoms with E-state index in [1.807, 2.05) is 30.3 Å². The average Bonchev–Trinajstić information content (AvgIpc) is 2.98. The Bertz CT molecular complexity index is 1180. The number of aryl methyl sites for hydroxylation is 1. The Balaban J connectivity index is 2.02. The van der Waals surface area contributed by atoms with E-state index in [9.17, 15) is 16.8 Å². The van der Waals surface area contributed by atoms with E-state index < -0.39 is 26.1 Å². The van der Waals surface area contributed by atoms with Gasteiger partial charge in [-0.15, -0.1) is 0 Å². The van der Waals surface area contributed by atoms with Crippen LogP contribution < -0.4 is 4.72 Å². The van der Waals surface area contributed by atoms with Gasteiger partial charge in [-0.2, -0.15) is 0 Å². The molecule has 0 spiro atoms. The minimum atomic E-state index is -3.92. The van der Waals surface area contributed by atoms with Crippen LogP contribution in [0, 0.1) is 13.8 Å². The minimum Gasteiger partial charge on any atom is -0.242 e. The molecule has 0 bridgehead atoms. The molecule has 0 saturated carbocycles. The van der Waals surface area contributed by atoms with Crippen molar-refractivity contribution >= 4 is 20.0 Å². The van der Waals surface area contributed by atoms with Gasteiger partial charge in [0, 0.05) is 11.7 Å². The summed E-state index contributed by atoms with van der Waals surface area (Å²) in [6, 6.07) is 18.0. The maximum Gasteiger partial charge on any atom is 0.268 e. The zero-order valence-electron chi connectivity index (χ0n) is 15.8. The van der Waals surface area contributed by atoms with Crippen LogP contribution in [0.15, 0.2) is 76.5 Å². The molecule has 148 valence electrons. The number of benzene rings is 2. The molecule has 1 atom stereocenters. The highest BCUT2D eigenvalue weighted by molar-refractivity contribution is 7.90. The van der Waals surface area contributed by atoms with Crippen molar-refractivity contribution in [2.75, 3.05) is 0 Å². The highest BCUT2D eigenvalue weighted by atomic mass is 32.2. The predicted molar refractivity (Wildman–Crippen MR) is 108 cm³/mol. The van der Waals surface area contributed by atoms with Gasteiger partial charge >= 0.3 is 0 Å². The number of aromatic nitrogens is 1. The maximum absolute atomic E-state index is 13.0. The molecule has 0 fully saturated rings. The van der Waals surface area contributed by atoms with E-state index in [4.69, 9.17) is 0 Å². The molecule has 0 aliphatic carbocycles. The monoisotopic (exact) mass is 418 g/mol. The van der Waals surface area contributed by atoms with Gasteiger partial charge in [0.25, 0.3) is 10.0 Å². The molecular formula is C20H22N2O4S2. The van der Waals surface area contributed by atoms with E-state index >= 15 is 0 Å². The largest absolute Gasteiger partial charge is 0.268 e. The van der Waals surface area contributed by atoms with Crippen LogP contribution in [0.1, 0.15) is 29.9 Å². The summed E-state index contributed by atoms with van der Waals surface area (Å²) in [7, 11) is -7.81. The molecule has 0 saturated heterocycles. The Morgan fingerprint density at radius 3 is 1.96 bits per heavy atom. The molecule has 6 nitrogen and oxygen atoms in total. The fourth-order valence-corrected chi connectivity index (χ4v) is 6.36. The maximum atomic E-state index is 13.0. The molecule has 0 unspecified atom stereocenters. The van der Waals surface area contributed by atoms with E-state index in [2.05, 4.69) is 4.72 Å². The highest BCUT2D eigenvalue weighted by Gasteiger charge is 2.29. The van der Waals surface area contributed by atoms with Crippen LogP contribution in [0.4, 0.5) is 0 Å². The SMILES string of the molecule is Cc1cc(S(=O)(=O)N[C@@H](C)c2ccccc2)c(C)n1S(=O)(=O)c1ccccc1. The lowest BCUT2D eigenvalue weighted by Crippen LogP contribution is -2.27. The number of rotatable bonds is 6. The summed E-state index contributed by atoms with van der Waals surface area (Å²) in [5.74, 6) is 0. The Hall–Kier alpha value is -2.42. The van der Waals surface area contributed by atoms with Gasteiger partial charge in [-0.3, -0.25) is 0 Å². The Morgan fingerprint density at radius 2 is 1.39 bits per heavy atom. The van der Waals surface area contributed by atoms with E-state index in [1.54, 1.807) is 32.0 Å². The van der Waals surface area contributed by atoms with Crippen LogP contribution in [0.2, 0.25) is 0 Å². The molecule has 3 aromatic rings. The number of nitrogens with one attached hydrogen (secondary N) is 1. The molecule has 1 N–H and O–H groups in total. The zero-order chi connectivity index (χ0) is 20.5. The zero-order valence-corrected chi connectivity index (χ0v) is 17.5. The Kier molecular flexibility index (Phi) is 5.47. The van der Waals surface area contributed by atoms with Gasteiger partial charge in [0.05, 0.1) is 10.6 Å². The summed E-state index contributed by atoms with van der Waals surface area (Å²) >= 11 is 0. The van der Waals surface area contributed by atoms with Crippen LogP contribution in [0.5, 0.6) is 0 Å². The normalized spacial score (nSPS) is 13.4. The van der Waals surface area contributed by atoms with Crippen molar-refractivity contribution in [3.63, 3.8) is 0 Å². The van der Waals surface area contributed by atoms with Gasteiger partial charge in [-0.25, -0.2) is 25.5 Å². The fraction of sp³-hybridized carbons (Fsp3) is 0.200. The van der Waals surface area contributed by atoms with Gasteiger partial charge < -0.3 is 0 Å². The standard InChI is InChI=1S/C20H22N2O4S2/c1-15-14-20(27(23,24)21-16(2)18-10-6-4-7-11-18)17(3)22(15)28(25,26)19-12-8-5-9-13-19/h4-14,16,21H,1-3H3/t16-/m0/s1. The average molecular weight is 419 g/mol. The first-order valence-corrected chi connectivity index (χ1v) is 11.6. The van der Waals surface area contributed by atoms with Crippen molar-refractivity contribution in [2.24, 2.45) is 0 Å². The van der Waals surface area contributed by atoms with Crippen LogP contribution in [-0.4, -0.2) is 20.8 Å². The van der Waals surface area contributed by atoms with Crippen molar-refractivity contribution in [3.05, 3.63) is 83.7 Å². The van der Waals surface area contributed by atoms with Gasteiger partial charge in [-0.05, 0) is 44.5 Å². The first-order chi connectivity index (χ1) is 13.1. The van der Waals surface area contributed by atoms with Crippen molar-refractivity contribution in [1.82, 2.24) is 8.69 Å². The molecule has 0 aliphatic rings.